The summed E-state index contributed by atoms with van der Waals surface area (Å²) < 4.78 is 11.3. The number of rotatable bonds is 3. The molecule has 2 heteroatoms. The lowest BCUT2D eigenvalue weighted by atomic mass is 9.90. The van der Waals surface area contributed by atoms with Gasteiger partial charge in [0.15, 0.2) is 0 Å². The molecule has 0 radical (unpaired) electrons. The number of benzene rings is 2. The fourth-order valence-corrected chi connectivity index (χ4v) is 4.69. The molecule has 126 valence electrons. The monoisotopic (exact) mass is 346 g/mol. The second kappa shape index (κ2) is 6.27. The minimum absolute atomic E-state index is 0.237. The van der Waals surface area contributed by atoms with E-state index in [1.807, 2.05) is 30.5 Å². The third-order valence-electron chi connectivity index (χ3n) is 5.09. The minimum atomic E-state index is -0.623. The molecule has 0 saturated heterocycles. The summed E-state index contributed by atoms with van der Waals surface area (Å²) in [6, 6.07) is 17.0. The maximum absolute atomic E-state index is 8.73. The summed E-state index contributed by atoms with van der Waals surface area (Å²) in [5.41, 5.74) is 4.44. The molecule has 0 aliphatic rings. The quantitative estimate of drug-likeness (QED) is 0.383. The van der Waals surface area contributed by atoms with Gasteiger partial charge in [0.2, 0.25) is 0 Å². The van der Waals surface area contributed by atoms with Gasteiger partial charge in [-0.2, -0.15) is 0 Å². The van der Waals surface area contributed by atoms with Crippen LogP contribution in [0.3, 0.4) is 0 Å². The van der Waals surface area contributed by atoms with Crippen LogP contribution in [0.25, 0.3) is 31.4 Å². The first-order valence-corrected chi connectivity index (χ1v) is 9.59. The Bertz CT molecular complexity index is 1110. The molecule has 0 aliphatic carbocycles. The van der Waals surface area contributed by atoms with Crippen LogP contribution in [-0.2, 0) is 0 Å². The van der Waals surface area contributed by atoms with Crippen molar-refractivity contribution in [2.24, 2.45) is 5.92 Å². The number of nitrogens with zero attached hydrogens (tertiary/aromatic N) is 1. The number of hydrogen-bond donors (Lipinski definition) is 0. The Labute approximate surface area is 154 Å². The van der Waals surface area contributed by atoms with Crippen LogP contribution < -0.4 is 0 Å². The molecule has 0 bridgehead atoms. The number of hydrogen-bond acceptors (Lipinski definition) is 2. The molecule has 25 heavy (non-hydrogen) atoms. The molecule has 0 saturated carbocycles. The first kappa shape index (κ1) is 15.1. The van der Waals surface area contributed by atoms with Crippen LogP contribution in [0.1, 0.15) is 39.2 Å². The Kier molecular flexibility index (Phi) is 3.79. The Morgan fingerprint density at radius 3 is 2.64 bits per heavy atom. The van der Waals surface area contributed by atoms with Gasteiger partial charge in [-0.1, -0.05) is 51.1 Å². The molecule has 4 aromatic rings. The van der Waals surface area contributed by atoms with E-state index in [1.165, 1.54) is 25.7 Å². The number of thiophene rings is 1. The van der Waals surface area contributed by atoms with E-state index in [9.17, 15) is 0 Å². The van der Waals surface area contributed by atoms with Gasteiger partial charge in [-0.15, -0.1) is 11.3 Å². The van der Waals surface area contributed by atoms with E-state index in [-0.39, 0.29) is 5.92 Å². The highest BCUT2D eigenvalue weighted by Gasteiger charge is 2.15. The number of pyridine rings is 1. The van der Waals surface area contributed by atoms with E-state index in [4.69, 9.17) is 1.37 Å². The molecule has 1 atom stereocenters. The van der Waals surface area contributed by atoms with E-state index in [1.54, 1.807) is 0 Å². The smallest absolute Gasteiger partial charge is 0.0719 e. The van der Waals surface area contributed by atoms with Crippen molar-refractivity contribution in [1.82, 2.24) is 4.98 Å². The molecule has 0 amide bonds. The Morgan fingerprint density at radius 2 is 1.84 bits per heavy atom. The van der Waals surface area contributed by atoms with Crippen molar-refractivity contribution >= 4 is 31.5 Å². The molecule has 0 aliphatic heterocycles. The molecule has 0 N–H and O–H groups in total. The maximum atomic E-state index is 8.73. The van der Waals surface area contributed by atoms with Crippen LogP contribution >= 0.6 is 11.3 Å². The molecule has 1 unspecified atom stereocenters. The lowest BCUT2D eigenvalue weighted by Crippen LogP contribution is -2.02. The zero-order chi connectivity index (χ0) is 18.5. The maximum Gasteiger partial charge on any atom is 0.0719 e. The Morgan fingerprint density at radius 1 is 1.04 bits per heavy atom. The van der Waals surface area contributed by atoms with Crippen LogP contribution in [-0.4, -0.2) is 4.98 Å². The average Bonchev–Trinajstić information content (AvgIpc) is 3.01. The van der Waals surface area contributed by atoms with E-state index < -0.39 is 5.89 Å². The average molecular weight is 347 g/mol. The van der Waals surface area contributed by atoms with Crippen molar-refractivity contribution in [3.63, 3.8) is 0 Å². The van der Waals surface area contributed by atoms with Gasteiger partial charge >= 0.3 is 0 Å². The minimum Gasteiger partial charge on any atom is -0.256 e. The van der Waals surface area contributed by atoms with Crippen LogP contribution in [0.5, 0.6) is 0 Å². The van der Waals surface area contributed by atoms with Gasteiger partial charge in [-0.05, 0) is 48.1 Å². The molecule has 0 fully saturated rings. The molecule has 1 nitrogen and oxygen atoms in total. The summed E-state index contributed by atoms with van der Waals surface area (Å²) >= 11 is 1.83. The van der Waals surface area contributed by atoms with Gasteiger partial charge < -0.3 is 0 Å². The summed E-state index contributed by atoms with van der Waals surface area (Å²) in [6.45, 7) is 8.36. The fourth-order valence-electron chi connectivity index (χ4n) is 3.38. The zero-order valence-corrected chi connectivity index (χ0v) is 15.9. The fraction of sp³-hybridized carbons (Fsp3) is 0.261. The molecular weight excluding hydrogens is 322 g/mol. The topological polar surface area (TPSA) is 12.9 Å². The van der Waals surface area contributed by atoms with Crippen molar-refractivity contribution < 1.29 is 1.37 Å². The number of fused-ring (bicyclic) bond motifs is 3. The Balaban J connectivity index is 1.96. The largest absolute Gasteiger partial charge is 0.256 e. The molecule has 4 rings (SSSR count). The molecule has 0 spiro atoms. The van der Waals surface area contributed by atoms with Gasteiger partial charge in [0.05, 0.1) is 5.69 Å². The summed E-state index contributed by atoms with van der Waals surface area (Å²) in [6.07, 6.45) is 1.84. The predicted octanol–water partition coefficient (Wildman–Crippen LogP) is 7.18. The summed E-state index contributed by atoms with van der Waals surface area (Å²) in [5.74, 6) is -0.386. The standard InChI is InChI=1S/C23H23NS/c1-14(2)16(4)17-11-12-24-20(13-17)18-8-6-9-19-22-15(3)7-5-10-21(22)25-23(18)19/h5-14,16H,1-4H3/i16D. The van der Waals surface area contributed by atoms with E-state index >= 15 is 0 Å². The van der Waals surface area contributed by atoms with Gasteiger partial charge in [-0.3, -0.25) is 4.98 Å². The van der Waals surface area contributed by atoms with Gasteiger partial charge in [-0.25, -0.2) is 0 Å². The van der Waals surface area contributed by atoms with Gasteiger partial charge in [0, 0.05) is 33.3 Å². The van der Waals surface area contributed by atoms with Crippen LogP contribution in [0.2, 0.25) is 0 Å². The van der Waals surface area contributed by atoms with Crippen LogP contribution in [0.4, 0.5) is 0 Å². The lowest BCUT2D eigenvalue weighted by Gasteiger charge is -2.16. The van der Waals surface area contributed by atoms with E-state index in [2.05, 4.69) is 68.2 Å². The van der Waals surface area contributed by atoms with Crippen molar-refractivity contribution in [1.29, 1.82) is 0 Å². The lowest BCUT2D eigenvalue weighted by molar-refractivity contribution is 0.535. The van der Waals surface area contributed by atoms with Crippen molar-refractivity contribution in [3.05, 3.63) is 65.9 Å². The SMILES string of the molecule is [2H]C(C)(c1ccnc(-c2cccc3c2sc2cccc(C)c23)c1)C(C)C. The second-order valence-corrected chi connectivity index (χ2v) is 8.05. The first-order chi connectivity index (χ1) is 12.4. The molecule has 2 aromatic heterocycles. The second-order valence-electron chi connectivity index (χ2n) is 7.00. The number of aryl methyl sites for hydroxylation is 1. The van der Waals surface area contributed by atoms with E-state index in [0.717, 1.165) is 16.8 Å². The molecular formula is C23H23NS. The summed E-state index contributed by atoms with van der Waals surface area (Å²) in [5, 5.41) is 2.64. The molecule has 2 heterocycles. The predicted molar refractivity (Wildman–Crippen MR) is 111 cm³/mol. The third-order valence-corrected chi connectivity index (χ3v) is 6.29. The zero-order valence-electron chi connectivity index (χ0n) is 16.1. The number of aromatic nitrogens is 1. The van der Waals surface area contributed by atoms with Crippen molar-refractivity contribution in [3.8, 4) is 11.3 Å². The normalized spacial score (nSPS) is 14.8. The van der Waals surface area contributed by atoms with Crippen LogP contribution in [0, 0.1) is 12.8 Å². The summed E-state index contributed by atoms with van der Waals surface area (Å²) in [4.78, 5) is 4.65. The Hall–Kier alpha value is -2.19. The van der Waals surface area contributed by atoms with Gasteiger partial charge in [0.1, 0.15) is 0 Å². The van der Waals surface area contributed by atoms with Gasteiger partial charge in [0.25, 0.3) is 0 Å². The third kappa shape index (κ3) is 2.75. The highest BCUT2D eigenvalue weighted by Crippen LogP contribution is 2.41. The van der Waals surface area contributed by atoms with Crippen molar-refractivity contribution in [2.45, 2.75) is 33.6 Å². The highest BCUT2D eigenvalue weighted by atomic mass is 32.1. The van der Waals surface area contributed by atoms with Crippen molar-refractivity contribution in [2.75, 3.05) is 0 Å². The highest BCUT2D eigenvalue weighted by molar-refractivity contribution is 7.26. The summed E-state index contributed by atoms with van der Waals surface area (Å²) in [7, 11) is 0. The van der Waals surface area contributed by atoms with Crippen LogP contribution in [0.15, 0.2) is 54.7 Å². The van der Waals surface area contributed by atoms with E-state index in [0.29, 0.717) is 0 Å². The first-order valence-electron chi connectivity index (χ1n) is 9.27. The molecule has 2 aromatic carbocycles.